The van der Waals surface area contributed by atoms with Crippen LogP contribution in [-0.4, -0.2) is 23.7 Å². The number of unbranched alkanes of at least 4 members (excludes halogenated alkanes) is 2. The van der Waals surface area contributed by atoms with Crippen LogP contribution < -0.4 is 5.32 Å². The Bertz CT molecular complexity index is 428. The molecule has 0 radical (unpaired) electrons. The summed E-state index contributed by atoms with van der Waals surface area (Å²) in [6.45, 7) is 2.76. The minimum Gasteiger partial charge on any atom is -0.481 e. The molecule has 1 aromatic rings. The highest BCUT2D eigenvalue weighted by Gasteiger charge is 2.02. The van der Waals surface area contributed by atoms with Crippen LogP contribution in [0.3, 0.4) is 0 Å². The normalized spacial score (nSPS) is 10.1. The number of aryl methyl sites for hydroxylation is 1. The Hall–Kier alpha value is -2.04. The van der Waals surface area contributed by atoms with Gasteiger partial charge in [-0.3, -0.25) is 4.79 Å². The zero-order valence-electron chi connectivity index (χ0n) is 11.7. The van der Waals surface area contributed by atoms with Crippen molar-refractivity contribution in [3.63, 3.8) is 0 Å². The van der Waals surface area contributed by atoms with Crippen molar-refractivity contribution < 1.29 is 19.4 Å². The van der Waals surface area contributed by atoms with E-state index in [2.05, 4.69) is 5.32 Å². The van der Waals surface area contributed by atoms with Gasteiger partial charge in [0.2, 0.25) is 0 Å². The number of hydrogen-bond donors (Lipinski definition) is 2. The molecule has 0 fully saturated rings. The molecule has 0 saturated carbocycles. The summed E-state index contributed by atoms with van der Waals surface area (Å²) >= 11 is 0. The molecule has 0 spiro atoms. The number of carboxylic acid groups (broad SMARTS) is 1. The number of carbonyl (C=O) groups is 2. The van der Waals surface area contributed by atoms with Crippen LogP contribution in [0.1, 0.15) is 36.8 Å². The molecule has 0 atom stereocenters. The quantitative estimate of drug-likeness (QED) is 0.717. The van der Waals surface area contributed by atoms with Gasteiger partial charge in [-0.2, -0.15) is 0 Å². The molecule has 1 rings (SSSR count). The monoisotopic (exact) mass is 279 g/mol. The number of carboxylic acids is 1. The van der Waals surface area contributed by atoms with E-state index < -0.39 is 12.1 Å². The van der Waals surface area contributed by atoms with Gasteiger partial charge >= 0.3 is 12.1 Å². The van der Waals surface area contributed by atoms with Crippen molar-refractivity contribution in [2.24, 2.45) is 0 Å². The maximum Gasteiger partial charge on any atom is 0.407 e. The molecule has 5 heteroatoms. The van der Waals surface area contributed by atoms with Crippen LogP contribution in [0.5, 0.6) is 0 Å². The Morgan fingerprint density at radius 3 is 2.50 bits per heavy atom. The zero-order valence-corrected chi connectivity index (χ0v) is 11.7. The van der Waals surface area contributed by atoms with Crippen molar-refractivity contribution in [2.45, 2.75) is 39.2 Å². The Labute approximate surface area is 118 Å². The summed E-state index contributed by atoms with van der Waals surface area (Å²) in [5.74, 6) is -0.782. The van der Waals surface area contributed by atoms with E-state index in [9.17, 15) is 9.59 Å². The minimum atomic E-state index is -0.782. The fraction of sp³-hybridized carbons (Fsp3) is 0.467. The number of nitrogens with one attached hydrogen (secondary N) is 1. The number of alkyl carbamates (subject to hydrolysis) is 1. The van der Waals surface area contributed by atoms with Gasteiger partial charge < -0.3 is 15.2 Å². The fourth-order valence-corrected chi connectivity index (χ4v) is 1.65. The van der Waals surface area contributed by atoms with E-state index in [1.807, 2.05) is 31.2 Å². The van der Waals surface area contributed by atoms with Crippen LogP contribution in [0.2, 0.25) is 0 Å². The van der Waals surface area contributed by atoms with Gasteiger partial charge in [-0.25, -0.2) is 4.79 Å². The number of aliphatic carboxylic acids is 1. The van der Waals surface area contributed by atoms with Crippen molar-refractivity contribution >= 4 is 12.1 Å². The Morgan fingerprint density at radius 2 is 1.85 bits per heavy atom. The first kappa shape index (κ1) is 16.0. The third-order valence-corrected chi connectivity index (χ3v) is 2.83. The van der Waals surface area contributed by atoms with Crippen LogP contribution >= 0.6 is 0 Å². The van der Waals surface area contributed by atoms with E-state index in [0.29, 0.717) is 13.0 Å². The number of carbonyl (C=O) groups excluding carboxylic acids is 1. The smallest absolute Gasteiger partial charge is 0.407 e. The van der Waals surface area contributed by atoms with Crippen molar-refractivity contribution in [3.8, 4) is 0 Å². The van der Waals surface area contributed by atoms with Gasteiger partial charge in [-0.05, 0) is 25.3 Å². The minimum absolute atomic E-state index is 0.178. The molecule has 0 bridgehead atoms. The van der Waals surface area contributed by atoms with Crippen molar-refractivity contribution in [1.82, 2.24) is 5.32 Å². The highest BCUT2D eigenvalue weighted by Crippen LogP contribution is 2.04. The summed E-state index contributed by atoms with van der Waals surface area (Å²) in [6.07, 6.45) is 1.91. The SMILES string of the molecule is Cc1ccc(COC(=O)NCCCCCC(=O)O)cc1. The summed E-state index contributed by atoms with van der Waals surface area (Å²) in [6, 6.07) is 7.79. The van der Waals surface area contributed by atoms with E-state index in [1.165, 1.54) is 5.56 Å². The molecule has 0 saturated heterocycles. The van der Waals surface area contributed by atoms with Gasteiger partial charge in [0.15, 0.2) is 0 Å². The third-order valence-electron chi connectivity index (χ3n) is 2.83. The molecule has 5 nitrogen and oxygen atoms in total. The molecule has 0 unspecified atom stereocenters. The first-order chi connectivity index (χ1) is 9.58. The lowest BCUT2D eigenvalue weighted by atomic mass is 10.2. The topological polar surface area (TPSA) is 75.6 Å². The van der Waals surface area contributed by atoms with Crippen LogP contribution in [0.25, 0.3) is 0 Å². The predicted octanol–water partition coefficient (Wildman–Crippen LogP) is 2.87. The maximum atomic E-state index is 11.4. The van der Waals surface area contributed by atoms with Gasteiger partial charge in [-0.1, -0.05) is 36.2 Å². The van der Waals surface area contributed by atoms with Crippen LogP contribution in [0.4, 0.5) is 4.79 Å². The summed E-state index contributed by atoms with van der Waals surface area (Å²) in [7, 11) is 0. The van der Waals surface area contributed by atoms with Crippen LogP contribution in [0, 0.1) is 6.92 Å². The fourth-order valence-electron chi connectivity index (χ4n) is 1.65. The van der Waals surface area contributed by atoms with Gasteiger partial charge in [0.25, 0.3) is 0 Å². The molecule has 2 N–H and O–H groups in total. The molecule has 0 aliphatic carbocycles. The summed E-state index contributed by atoms with van der Waals surface area (Å²) < 4.78 is 5.07. The van der Waals surface area contributed by atoms with Crippen LogP contribution in [-0.2, 0) is 16.1 Å². The summed E-state index contributed by atoms with van der Waals surface area (Å²) in [5, 5.41) is 11.1. The summed E-state index contributed by atoms with van der Waals surface area (Å²) in [5.41, 5.74) is 2.12. The molecular weight excluding hydrogens is 258 g/mol. The molecule has 20 heavy (non-hydrogen) atoms. The Kier molecular flexibility index (Phi) is 7.17. The van der Waals surface area contributed by atoms with E-state index in [0.717, 1.165) is 18.4 Å². The predicted molar refractivity (Wildman–Crippen MR) is 75.5 cm³/mol. The number of benzene rings is 1. The molecule has 110 valence electrons. The van der Waals surface area contributed by atoms with E-state index in [4.69, 9.17) is 9.84 Å². The van der Waals surface area contributed by atoms with Gasteiger partial charge in [0, 0.05) is 13.0 Å². The van der Waals surface area contributed by atoms with Crippen molar-refractivity contribution in [1.29, 1.82) is 0 Å². The van der Waals surface area contributed by atoms with Crippen molar-refractivity contribution in [3.05, 3.63) is 35.4 Å². The molecule has 0 aliphatic heterocycles. The highest BCUT2D eigenvalue weighted by molar-refractivity contribution is 5.67. The van der Waals surface area contributed by atoms with E-state index >= 15 is 0 Å². The molecule has 1 amide bonds. The first-order valence-corrected chi connectivity index (χ1v) is 6.76. The standard InChI is InChI=1S/C15H21NO4/c1-12-6-8-13(9-7-12)11-20-15(19)16-10-4-2-3-5-14(17)18/h6-9H,2-5,10-11H2,1H3,(H,16,19)(H,17,18). The molecule has 0 heterocycles. The highest BCUT2D eigenvalue weighted by atomic mass is 16.5. The average Bonchev–Trinajstić information content (AvgIpc) is 2.41. The van der Waals surface area contributed by atoms with E-state index in [-0.39, 0.29) is 13.0 Å². The second kappa shape index (κ2) is 8.96. The molecular formula is C15H21NO4. The second-order valence-corrected chi connectivity index (χ2v) is 4.69. The number of rotatable bonds is 8. The van der Waals surface area contributed by atoms with Crippen LogP contribution in [0.15, 0.2) is 24.3 Å². The number of amides is 1. The van der Waals surface area contributed by atoms with Gasteiger partial charge in [0.1, 0.15) is 6.61 Å². The number of ether oxygens (including phenoxy) is 1. The zero-order chi connectivity index (χ0) is 14.8. The lowest BCUT2D eigenvalue weighted by Gasteiger charge is -2.07. The van der Waals surface area contributed by atoms with Gasteiger partial charge in [-0.15, -0.1) is 0 Å². The molecule has 0 aromatic heterocycles. The largest absolute Gasteiger partial charge is 0.481 e. The maximum absolute atomic E-state index is 11.4. The molecule has 0 aliphatic rings. The first-order valence-electron chi connectivity index (χ1n) is 6.76. The number of hydrogen-bond acceptors (Lipinski definition) is 3. The average molecular weight is 279 g/mol. The van der Waals surface area contributed by atoms with Gasteiger partial charge in [0.05, 0.1) is 0 Å². The summed E-state index contributed by atoms with van der Waals surface area (Å²) in [4.78, 5) is 21.7. The third kappa shape index (κ3) is 7.41. The lowest BCUT2D eigenvalue weighted by molar-refractivity contribution is -0.137. The Balaban J connectivity index is 2.06. The molecule has 1 aromatic carbocycles. The second-order valence-electron chi connectivity index (χ2n) is 4.69. The lowest BCUT2D eigenvalue weighted by Crippen LogP contribution is -2.25. The van der Waals surface area contributed by atoms with Crippen molar-refractivity contribution in [2.75, 3.05) is 6.54 Å². The Morgan fingerprint density at radius 1 is 1.15 bits per heavy atom. The van der Waals surface area contributed by atoms with E-state index in [1.54, 1.807) is 0 Å².